The number of aromatic nitrogens is 8. The molecule has 4 aromatic rings. The largest absolute Gasteiger partial charge is 0.255 e. The molecule has 0 fully saturated rings. The van der Waals surface area contributed by atoms with Crippen LogP contribution in [0.5, 0.6) is 0 Å². The molecule has 0 amide bonds. The SMILES string of the molecule is [c]1nc(-c2nnon2)c(-c2ccccn2)nc1-c1cccnn1. The summed E-state index contributed by atoms with van der Waals surface area (Å²) in [6.07, 6.45) is 6.05. The van der Waals surface area contributed by atoms with E-state index in [1.165, 1.54) is 0 Å². The van der Waals surface area contributed by atoms with Crippen molar-refractivity contribution in [2.75, 3.05) is 0 Å². The van der Waals surface area contributed by atoms with Crippen LogP contribution in [-0.2, 0) is 0 Å². The average Bonchev–Trinajstić information content (AvgIpc) is 3.17. The minimum Gasteiger partial charge on any atom is -0.255 e. The van der Waals surface area contributed by atoms with Crippen molar-refractivity contribution in [1.82, 2.24) is 40.7 Å². The van der Waals surface area contributed by atoms with E-state index in [9.17, 15) is 0 Å². The van der Waals surface area contributed by atoms with Gasteiger partial charge in [0.05, 0.1) is 11.0 Å². The number of nitrogens with zero attached hydrogens (tertiary/aromatic N) is 8. The van der Waals surface area contributed by atoms with Crippen molar-refractivity contribution >= 4 is 0 Å². The van der Waals surface area contributed by atoms with E-state index in [2.05, 4.69) is 51.5 Å². The first-order valence-corrected chi connectivity index (χ1v) is 6.56. The fourth-order valence-electron chi connectivity index (χ4n) is 1.95. The van der Waals surface area contributed by atoms with E-state index in [4.69, 9.17) is 0 Å². The highest BCUT2D eigenvalue weighted by Crippen LogP contribution is 2.26. The van der Waals surface area contributed by atoms with Crippen LogP contribution >= 0.6 is 0 Å². The first-order valence-electron chi connectivity index (χ1n) is 6.56. The number of pyridine rings is 1. The van der Waals surface area contributed by atoms with Gasteiger partial charge in [0, 0.05) is 12.4 Å². The highest BCUT2D eigenvalue weighted by atomic mass is 16.6. The number of rotatable bonds is 3. The Hall–Kier alpha value is -3.62. The molecule has 4 rings (SSSR count). The third-order valence-corrected chi connectivity index (χ3v) is 2.96. The smallest absolute Gasteiger partial charge is 0.247 e. The van der Waals surface area contributed by atoms with Crippen LogP contribution in [0.4, 0.5) is 0 Å². The van der Waals surface area contributed by atoms with E-state index in [0.29, 0.717) is 28.5 Å². The van der Waals surface area contributed by atoms with Crippen LogP contribution in [0.15, 0.2) is 47.4 Å². The molecule has 0 saturated heterocycles. The first-order chi connectivity index (χ1) is 11.4. The molecule has 4 heterocycles. The third kappa shape index (κ3) is 2.50. The molecule has 0 spiro atoms. The monoisotopic (exact) mass is 303 g/mol. The van der Waals surface area contributed by atoms with Crippen LogP contribution in [0.1, 0.15) is 0 Å². The van der Waals surface area contributed by atoms with Crippen molar-refractivity contribution < 1.29 is 4.63 Å². The van der Waals surface area contributed by atoms with Gasteiger partial charge < -0.3 is 0 Å². The van der Waals surface area contributed by atoms with Gasteiger partial charge >= 0.3 is 0 Å². The lowest BCUT2D eigenvalue weighted by atomic mass is 10.2. The van der Waals surface area contributed by atoms with Gasteiger partial charge in [-0.15, -0.1) is 5.10 Å². The van der Waals surface area contributed by atoms with Crippen LogP contribution in [-0.4, -0.2) is 40.7 Å². The molecule has 0 N–H and O–H groups in total. The minimum absolute atomic E-state index is 0.208. The van der Waals surface area contributed by atoms with Crippen LogP contribution in [0.2, 0.25) is 0 Å². The summed E-state index contributed by atoms with van der Waals surface area (Å²) in [4.78, 5) is 13.1. The quantitative estimate of drug-likeness (QED) is 0.551. The average molecular weight is 303 g/mol. The van der Waals surface area contributed by atoms with Crippen molar-refractivity contribution in [2.45, 2.75) is 0 Å². The molecular weight excluding hydrogens is 296 g/mol. The van der Waals surface area contributed by atoms with Crippen molar-refractivity contribution in [3.8, 4) is 34.3 Å². The topological polar surface area (TPSA) is 116 Å². The summed E-state index contributed by atoms with van der Waals surface area (Å²) in [5.41, 5.74) is 2.46. The summed E-state index contributed by atoms with van der Waals surface area (Å²) < 4.78 is 4.54. The Morgan fingerprint density at radius 2 is 1.87 bits per heavy atom. The fraction of sp³-hybridized carbons (Fsp3) is 0. The second-order valence-electron chi connectivity index (χ2n) is 4.38. The predicted octanol–water partition coefficient (Wildman–Crippen LogP) is 1.24. The van der Waals surface area contributed by atoms with E-state index in [0.717, 1.165) is 0 Å². The summed E-state index contributed by atoms with van der Waals surface area (Å²) >= 11 is 0. The third-order valence-electron chi connectivity index (χ3n) is 2.96. The van der Waals surface area contributed by atoms with Crippen molar-refractivity contribution in [3.05, 3.63) is 48.9 Å². The molecule has 1 radical (unpaired) electrons. The van der Waals surface area contributed by atoms with Gasteiger partial charge in [0.25, 0.3) is 0 Å². The summed E-state index contributed by atoms with van der Waals surface area (Å²) in [6, 6.07) is 8.99. The Kier molecular flexibility index (Phi) is 3.20. The fourth-order valence-corrected chi connectivity index (χ4v) is 1.95. The molecule has 0 aliphatic carbocycles. The van der Waals surface area contributed by atoms with E-state index in [1.54, 1.807) is 24.5 Å². The number of hydrogen-bond donors (Lipinski definition) is 0. The van der Waals surface area contributed by atoms with Gasteiger partial charge in [0.1, 0.15) is 29.0 Å². The standard InChI is InChI=1S/C14H7N8O/c1-2-6-15-10(4-1)12-13(14-20-22-23-21-14)16-8-11(18-12)9-5-3-7-17-19-9/h1-7H. The van der Waals surface area contributed by atoms with Crippen LogP contribution in [0, 0.1) is 6.20 Å². The molecule has 0 saturated carbocycles. The molecule has 23 heavy (non-hydrogen) atoms. The maximum Gasteiger partial charge on any atom is 0.247 e. The molecule has 0 bridgehead atoms. The van der Waals surface area contributed by atoms with Gasteiger partial charge in [0.2, 0.25) is 5.82 Å². The summed E-state index contributed by atoms with van der Waals surface area (Å²) in [7, 11) is 0. The molecule has 109 valence electrons. The Labute approximate surface area is 129 Å². The van der Waals surface area contributed by atoms with E-state index < -0.39 is 0 Å². The van der Waals surface area contributed by atoms with Crippen LogP contribution < -0.4 is 0 Å². The van der Waals surface area contributed by atoms with Crippen LogP contribution in [0.25, 0.3) is 34.3 Å². The lowest BCUT2D eigenvalue weighted by Crippen LogP contribution is -2.00. The molecule has 0 aliphatic rings. The molecule has 0 atom stereocenters. The Balaban J connectivity index is 1.92. The normalized spacial score (nSPS) is 10.6. The molecule has 4 aromatic heterocycles. The Bertz CT molecular complexity index is 912. The zero-order valence-electron chi connectivity index (χ0n) is 11.5. The van der Waals surface area contributed by atoms with E-state index in [-0.39, 0.29) is 5.82 Å². The molecule has 0 aromatic carbocycles. The van der Waals surface area contributed by atoms with Gasteiger partial charge in [-0.1, -0.05) is 11.2 Å². The summed E-state index contributed by atoms with van der Waals surface area (Å²) in [6.45, 7) is 0. The molecule has 0 aliphatic heterocycles. The highest BCUT2D eigenvalue weighted by Gasteiger charge is 2.18. The lowest BCUT2D eigenvalue weighted by Gasteiger charge is -2.06. The highest BCUT2D eigenvalue weighted by molar-refractivity contribution is 5.73. The number of hydrogen-bond acceptors (Lipinski definition) is 9. The molecule has 9 nitrogen and oxygen atoms in total. The van der Waals surface area contributed by atoms with Gasteiger partial charge in [-0.2, -0.15) is 5.10 Å². The zero-order chi connectivity index (χ0) is 15.5. The second-order valence-corrected chi connectivity index (χ2v) is 4.38. The van der Waals surface area contributed by atoms with Gasteiger partial charge in [0.15, 0.2) is 0 Å². The molecule has 9 heteroatoms. The Morgan fingerprint density at radius 1 is 0.913 bits per heavy atom. The predicted molar refractivity (Wildman–Crippen MR) is 76.2 cm³/mol. The van der Waals surface area contributed by atoms with Crippen molar-refractivity contribution in [3.63, 3.8) is 0 Å². The zero-order valence-corrected chi connectivity index (χ0v) is 11.5. The second kappa shape index (κ2) is 5.64. The van der Waals surface area contributed by atoms with Gasteiger partial charge in [-0.3, -0.25) is 4.98 Å². The summed E-state index contributed by atoms with van der Waals surface area (Å²) in [5, 5.41) is 18.7. The first kappa shape index (κ1) is 13.1. The Morgan fingerprint density at radius 3 is 2.61 bits per heavy atom. The van der Waals surface area contributed by atoms with Crippen molar-refractivity contribution in [1.29, 1.82) is 0 Å². The van der Waals surface area contributed by atoms with E-state index >= 15 is 0 Å². The maximum absolute atomic E-state index is 4.54. The minimum atomic E-state index is 0.208. The lowest BCUT2D eigenvalue weighted by molar-refractivity contribution is 0.293. The summed E-state index contributed by atoms with van der Waals surface area (Å²) in [5.74, 6) is 0.208. The van der Waals surface area contributed by atoms with Gasteiger partial charge in [-0.25, -0.2) is 14.6 Å². The molecular formula is C14H7N8O. The van der Waals surface area contributed by atoms with Crippen molar-refractivity contribution in [2.24, 2.45) is 0 Å². The molecule has 0 unspecified atom stereocenters. The van der Waals surface area contributed by atoms with Gasteiger partial charge in [-0.05, 0) is 29.4 Å². The van der Waals surface area contributed by atoms with E-state index in [1.807, 2.05) is 18.2 Å². The maximum atomic E-state index is 4.54. The van der Waals surface area contributed by atoms with Crippen LogP contribution in [0.3, 0.4) is 0 Å².